The molecule has 0 bridgehead atoms. The molecule has 0 atom stereocenters. The molecule has 0 aliphatic heterocycles. The number of thioether (sulfide) groups is 1. The van der Waals surface area contributed by atoms with Gasteiger partial charge in [-0.05, 0) is 31.2 Å². The van der Waals surface area contributed by atoms with Crippen molar-refractivity contribution in [3.63, 3.8) is 0 Å². The lowest BCUT2D eigenvalue weighted by Crippen LogP contribution is -2.19. The number of para-hydroxylation sites is 1. The highest BCUT2D eigenvalue weighted by Crippen LogP contribution is 2.27. The quantitative estimate of drug-likeness (QED) is 0.278. The van der Waals surface area contributed by atoms with Crippen molar-refractivity contribution in [2.24, 2.45) is 5.10 Å². The van der Waals surface area contributed by atoms with Crippen molar-refractivity contribution >= 4 is 23.9 Å². The first-order valence-corrected chi connectivity index (χ1v) is 10.3. The first-order valence-electron chi connectivity index (χ1n) is 9.28. The van der Waals surface area contributed by atoms with Crippen LogP contribution in [-0.2, 0) is 4.79 Å². The van der Waals surface area contributed by atoms with E-state index in [-0.39, 0.29) is 11.7 Å². The summed E-state index contributed by atoms with van der Waals surface area (Å²) in [6, 6.07) is 23.3. The third-order valence-electron chi connectivity index (χ3n) is 4.15. The Kier molecular flexibility index (Phi) is 6.05. The molecule has 0 aliphatic carbocycles. The maximum absolute atomic E-state index is 12.2. The summed E-state index contributed by atoms with van der Waals surface area (Å²) >= 11 is 1.30. The van der Waals surface area contributed by atoms with Gasteiger partial charge >= 0.3 is 0 Å². The monoisotopic (exact) mass is 417 g/mol. The van der Waals surface area contributed by atoms with E-state index in [1.165, 1.54) is 18.0 Å². The molecule has 0 radical (unpaired) electrons. The van der Waals surface area contributed by atoms with Gasteiger partial charge in [-0.25, -0.2) is 5.43 Å². The fourth-order valence-electron chi connectivity index (χ4n) is 2.80. The van der Waals surface area contributed by atoms with Gasteiger partial charge in [0.2, 0.25) is 0 Å². The third-order valence-corrected chi connectivity index (χ3v) is 5.08. The highest BCUT2D eigenvalue weighted by molar-refractivity contribution is 7.99. The Morgan fingerprint density at radius 1 is 1.07 bits per heavy atom. The van der Waals surface area contributed by atoms with Crippen LogP contribution in [0.25, 0.3) is 17.1 Å². The molecule has 0 unspecified atom stereocenters. The molecular formula is C22H19N5O2S. The molecule has 150 valence electrons. The molecule has 2 heterocycles. The average Bonchev–Trinajstić information content (AvgIpc) is 3.39. The molecule has 1 amide bonds. The van der Waals surface area contributed by atoms with Gasteiger partial charge < -0.3 is 4.42 Å². The number of hydrogen-bond donors (Lipinski definition) is 1. The molecule has 7 nitrogen and oxygen atoms in total. The van der Waals surface area contributed by atoms with Gasteiger partial charge in [-0.3, -0.25) is 9.36 Å². The minimum absolute atomic E-state index is 0.147. The molecule has 0 aliphatic rings. The summed E-state index contributed by atoms with van der Waals surface area (Å²) in [5.41, 5.74) is 4.37. The number of carbonyl (C=O) groups excluding carboxylic acids is 1. The predicted octanol–water partition coefficient (Wildman–Crippen LogP) is 4.08. The van der Waals surface area contributed by atoms with Crippen molar-refractivity contribution in [1.29, 1.82) is 0 Å². The maximum atomic E-state index is 12.2. The van der Waals surface area contributed by atoms with Gasteiger partial charge in [0.1, 0.15) is 11.5 Å². The van der Waals surface area contributed by atoms with Gasteiger partial charge in [0.25, 0.3) is 5.91 Å². The van der Waals surface area contributed by atoms with Crippen LogP contribution >= 0.6 is 11.8 Å². The smallest absolute Gasteiger partial charge is 0.250 e. The molecule has 0 spiro atoms. The van der Waals surface area contributed by atoms with Crippen LogP contribution in [-0.4, -0.2) is 32.6 Å². The molecule has 4 aromatic rings. The number of amides is 1. The molecule has 0 saturated heterocycles. The van der Waals surface area contributed by atoms with E-state index in [4.69, 9.17) is 4.42 Å². The van der Waals surface area contributed by atoms with Crippen LogP contribution in [0.1, 0.15) is 11.5 Å². The van der Waals surface area contributed by atoms with Crippen LogP contribution in [0.5, 0.6) is 0 Å². The first kappa shape index (κ1) is 19.7. The van der Waals surface area contributed by atoms with Crippen molar-refractivity contribution in [2.75, 3.05) is 5.75 Å². The Bertz CT molecular complexity index is 1150. The van der Waals surface area contributed by atoms with E-state index in [0.29, 0.717) is 10.9 Å². The number of furan rings is 1. The molecular weight excluding hydrogens is 398 g/mol. The van der Waals surface area contributed by atoms with Crippen molar-refractivity contribution in [3.8, 4) is 17.1 Å². The van der Waals surface area contributed by atoms with Crippen LogP contribution in [0.2, 0.25) is 0 Å². The summed E-state index contributed by atoms with van der Waals surface area (Å²) in [6.45, 7) is 1.85. The summed E-state index contributed by atoms with van der Waals surface area (Å²) < 4.78 is 7.32. The van der Waals surface area contributed by atoms with E-state index in [9.17, 15) is 4.79 Å². The standard InChI is InChI=1S/C22H19N5O2S/c1-16-12-13-19(29-16)14-23-24-20(28)15-30-22-26-25-21(17-8-4-2-5-9-17)27(22)18-10-6-3-7-11-18/h2-14H,15H2,1H3,(H,24,28)/b23-14-. The Morgan fingerprint density at radius 2 is 1.80 bits per heavy atom. The molecule has 8 heteroatoms. The SMILES string of the molecule is Cc1ccc(/C=N\NC(=O)CSc2nnc(-c3ccccc3)n2-c2ccccc2)o1. The summed E-state index contributed by atoms with van der Waals surface area (Å²) in [4.78, 5) is 12.2. The normalized spacial score (nSPS) is 11.1. The van der Waals surface area contributed by atoms with Crippen molar-refractivity contribution < 1.29 is 9.21 Å². The van der Waals surface area contributed by atoms with Crippen LogP contribution in [0.3, 0.4) is 0 Å². The number of carbonyl (C=O) groups is 1. The van der Waals surface area contributed by atoms with Crippen LogP contribution in [0.15, 0.2) is 87.5 Å². The molecule has 2 aromatic heterocycles. The van der Waals surface area contributed by atoms with E-state index in [1.807, 2.05) is 78.2 Å². The number of hydrazone groups is 1. The Labute approximate surface area is 177 Å². The second kappa shape index (κ2) is 9.23. The Balaban J connectivity index is 1.49. The van der Waals surface area contributed by atoms with Crippen molar-refractivity contribution in [2.45, 2.75) is 12.1 Å². The summed E-state index contributed by atoms with van der Waals surface area (Å²) in [5.74, 6) is 1.98. The highest BCUT2D eigenvalue weighted by atomic mass is 32.2. The summed E-state index contributed by atoms with van der Waals surface area (Å²) in [5, 5.41) is 13.2. The van der Waals surface area contributed by atoms with Gasteiger partial charge in [-0.2, -0.15) is 5.10 Å². The van der Waals surface area contributed by atoms with Crippen molar-refractivity contribution in [3.05, 3.63) is 84.3 Å². The second-order valence-corrected chi connectivity index (χ2v) is 7.32. The molecule has 0 saturated carbocycles. The molecule has 2 aromatic carbocycles. The van der Waals surface area contributed by atoms with Gasteiger partial charge in [0, 0.05) is 11.3 Å². The number of nitrogens with zero attached hydrogens (tertiary/aromatic N) is 4. The van der Waals surface area contributed by atoms with Crippen molar-refractivity contribution in [1.82, 2.24) is 20.2 Å². The topological polar surface area (TPSA) is 85.3 Å². The number of nitrogens with one attached hydrogen (secondary N) is 1. The zero-order valence-corrected chi connectivity index (χ0v) is 17.0. The largest absolute Gasteiger partial charge is 0.460 e. The average molecular weight is 417 g/mol. The lowest BCUT2D eigenvalue weighted by molar-refractivity contribution is -0.118. The third kappa shape index (κ3) is 4.66. The lowest BCUT2D eigenvalue weighted by Gasteiger charge is -2.10. The zero-order chi connectivity index (χ0) is 20.8. The molecule has 0 fully saturated rings. The lowest BCUT2D eigenvalue weighted by atomic mass is 10.2. The highest BCUT2D eigenvalue weighted by Gasteiger charge is 2.16. The summed E-state index contributed by atoms with van der Waals surface area (Å²) in [6.07, 6.45) is 1.47. The van der Waals surface area contributed by atoms with Crippen LogP contribution < -0.4 is 5.43 Å². The van der Waals surface area contributed by atoms with Crippen LogP contribution in [0, 0.1) is 6.92 Å². The van der Waals surface area contributed by atoms with E-state index in [1.54, 1.807) is 6.07 Å². The van der Waals surface area contributed by atoms with E-state index in [0.717, 1.165) is 22.8 Å². The summed E-state index contributed by atoms with van der Waals surface area (Å²) in [7, 11) is 0. The van der Waals surface area contributed by atoms with Gasteiger partial charge in [-0.15, -0.1) is 10.2 Å². The maximum Gasteiger partial charge on any atom is 0.250 e. The van der Waals surface area contributed by atoms with E-state index >= 15 is 0 Å². The fraction of sp³-hybridized carbons (Fsp3) is 0.0909. The van der Waals surface area contributed by atoms with E-state index in [2.05, 4.69) is 20.7 Å². The minimum Gasteiger partial charge on any atom is -0.460 e. The number of benzene rings is 2. The number of hydrogen-bond acceptors (Lipinski definition) is 6. The number of rotatable bonds is 7. The molecule has 1 N–H and O–H groups in total. The minimum atomic E-state index is -0.247. The fourth-order valence-corrected chi connectivity index (χ4v) is 3.54. The van der Waals surface area contributed by atoms with Gasteiger partial charge in [0.05, 0.1) is 12.0 Å². The van der Waals surface area contributed by atoms with Crippen LogP contribution in [0.4, 0.5) is 0 Å². The van der Waals surface area contributed by atoms with Gasteiger partial charge in [-0.1, -0.05) is 60.3 Å². The number of aryl methyl sites for hydroxylation is 1. The molecule has 30 heavy (non-hydrogen) atoms. The second-order valence-electron chi connectivity index (χ2n) is 6.37. The Hall–Kier alpha value is -3.65. The molecule has 4 rings (SSSR count). The zero-order valence-electron chi connectivity index (χ0n) is 16.2. The predicted molar refractivity (Wildman–Crippen MR) is 117 cm³/mol. The Morgan fingerprint density at radius 3 is 2.50 bits per heavy atom. The first-order chi connectivity index (χ1) is 14.7. The van der Waals surface area contributed by atoms with Gasteiger partial charge in [0.15, 0.2) is 11.0 Å². The van der Waals surface area contributed by atoms with E-state index < -0.39 is 0 Å². The number of aromatic nitrogens is 3.